The summed E-state index contributed by atoms with van der Waals surface area (Å²) >= 11 is 0. The van der Waals surface area contributed by atoms with Crippen LogP contribution in [0, 0.1) is 19.1 Å². The first-order valence-electron chi connectivity index (χ1n) is 5.35. The number of hydrogen-bond acceptors (Lipinski definition) is 1. The van der Waals surface area contributed by atoms with Gasteiger partial charge in [0.1, 0.15) is 11.4 Å². The molecule has 0 fully saturated rings. The Labute approximate surface area is 95.7 Å². The highest BCUT2D eigenvalue weighted by Crippen LogP contribution is 2.09. The monoisotopic (exact) mass is 213 g/mol. The van der Waals surface area contributed by atoms with Crippen LogP contribution in [0.25, 0.3) is 0 Å². The first-order valence-corrected chi connectivity index (χ1v) is 5.35. The maximum atomic E-state index is 12.1. The van der Waals surface area contributed by atoms with Crippen molar-refractivity contribution in [1.29, 1.82) is 0 Å². The SMILES string of the molecule is Cc1ccc([NH+]([O-])c2ccc(C)cc2)cc1. The standard InChI is InChI=1S/C14H15NO/c1-11-3-7-13(8-4-11)15(16)14-9-5-12(2)6-10-14/h3-10,15H,1-2H3. The molecule has 16 heavy (non-hydrogen) atoms. The number of rotatable bonds is 2. The Morgan fingerprint density at radius 1 is 0.688 bits per heavy atom. The molecule has 0 amide bonds. The number of aryl methyl sites for hydroxylation is 2. The molecule has 0 unspecified atom stereocenters. The van der Waals surface area contributed by atoms with Gasteiger partial charge in [-0.05, 0) is 13.8 Å². The summed E-state index contributed by atoms with van der Waals surface area (Å²) in [6.07, 6.45) is 0. The Balaban J connectivity index is 2.28. The van der Waals surface area contributed by atoms with Gasteiger partial charge in [0.2, 0.25) is 0 Å². The minimum Gasteiger partial charge on any atom is -0.623 e. The second-order valence-corrected chi connectivity index (χ2v) is 4.06. The van der Waals surface area contributed by atoms with E-state index in [1.165, 1.54) is 11.1 Å². The minimum atomic E-state index is 0.0833. The van der Waals surface area contributed by atoms with Gasteiger partial charge in [0, 0.05) is 24.3 Å². The molecule has 0 aromatic heterocycles. The van der Waals surface area contributed by atoms with Gasteiger partial charge in [-0.25, -0.2) is 0 Å². The van der Waals surface area contributed by atoms with Crippen LogP contribution in [-0.2, 0) is 0 Å². The fraction of sp³-hybridized carbons (Fsp3) is 0.143. The lowest BCUT2D eigenvalue weighted by molar-refractivity contribution is -0.698. The van der Waals surface area contributed by atoms with Gasteiger partial charge in [-0.1, -0.05) is 35.4 Å². The summed E-state index contributed by atoms with van der Waals surface area (Å²) in [4.78, 5) is 0. The maximum Gasteiger partial charge on any atom is 0.136 e. The molecule has 0 aliphatic rings. The van der Waals surface area contributed by atoms with Crippen LogP contribution in [-0.4, -0.2) is 0 Å². The molecule has 2 aromatic carbocycles. The normalized spacial score (nSPS) is 10.8. The molecule has 0 saturated heterocycles. The van der Waals surface area contributed by atoms with Crippen molar-refractivity contribution >= 4 is 11.4 Å². The molecule has 0 saturated carbocycles. The summed E-state index contributed by atoms with van der Waals surface area (Å²) in [5.41, 5.74) is 3.82. The van der Waals surface area contributed by atoms with Crippen LogP contribution >= 0.6 is 0 Å². The molecule has 82 valence electrons. The zero-order chi connectivity index (χ0) is 11.5. The van der Waals surface area contributed by atoms with Crippen molar-refractivity contribution in [2.24, 2.45) is 0 Å². The fourth-order valence-corrected chi connectivity index (χ4v) is 1.58. The van der Waals surface area contributed by atoms with Gasteiger partial charge >= 0.3 is 0 Å². The van der Waals surface area contributed by atoms with Crippen molar-refractivity contribution in [3.8, 4) is 0 Å². The maximum absolute atomic E-state index is 12.1. The van der Waals surface area contributed by atoms with Crippen LogP contribution in [0.3, 0.4) is 0 Å². The van der Waals surface area contributed by atoms with Crippen LogP contribution in [0.1, 0.15) is 11.1 Å². The molecular weight excluding hydrogens is 198 g/mol. The summed E-state index contributed by atoms with van der Waals surface area (Å²) < 4.78 is 0. The van der Waals surface area contributed by atoms with Crippen LogP contribution in [0.5, 0.6) is 0 Å². The summed E-state index contributed by atoms with van der Waals surface area (Å²) in [5.74, 6) is 0. The topological polar surface area (TPSA) is 27.5 Å². The lowest BCUT2D eigenvalue weighted by atomic mass is 10.2. The molecule has 1 N–H and O–H groups in total. The van der Waals surface area contributed by atoms with Crippen LogP contribution in [0.4, 0.5) is 11.4 Å². The Morgan fingerprint density at radius 2 is 1.00 bits per heavy atom. The molecule has 2 nitrogen and oxygen atoms in total. The predicted molar refractivity (Wildman–Crippen MR) is 66.0 cm³/mol. The number of hydrogen-bond donors (Lipinski definition) is 1. The van der Waals surface area contributed by atoms with E-state index >= 15 is 0 Å². The second kappa shape index (κ2) is 4.47. The van der Waals surface area contributed by atoms with E-state index in [4.69, 9.17) is 0 Å². The van der Waals surface area contributed by atoms with Crippen LogP contribution < -0.4 is 5.06 Å². The van der Waals surface area contributed by atoms with Gasteiger partial charge in [-0.2, -0.15) is 0 Å². The van der Waals surface area contributed by atoms with Gasteiger partial charge in [0.25, 0.3) is 0 Å². The van der Waals surface area contributed by atoms with E-state index < -0.39 is 0 Å². The van der Waals surface area contributed by atoms with Gasteiger partial charge in [0.05, 0.1) is 0 Å². The highest BCUT2D eigenvalue weighted by molar-refractivity contribution is 5.40. The number of quaternary nitrogens is 1. The van der Waals surface area contributed by atoms with Crippen LogP contribution in [0.15, 0.2) is 48.5 Å². The van der Waals surface area contributed by atoms with E-state index in [2.05, 4.69) is 0 Å². The zero-order valence-corrected chi connectivity index (χ0v) is 9.53. The third kappa shape index (κ3) is 2.30. The molecule has 0 aliphatic carbocycles. The highest BCUT2D eigenvalue weighted by Gasteiger charge is 2.05. The van der Waals surface area contributed by atoms with Gasteiger partial charge in [0.15, 0.2) is 0 Å². The zero-order valence-electron chi connectivity index (χ0n) is 9.53. The molecule has 0 heterocycles. The van der Waals surface area contributed by atoms with Gasteiger partial charge in [-0.15, -0.1) is 0 Å². The van der Waals surface area contributed by atoms with Crippen molar-refractivity contribution in [3.63, 3.8) is 0 Å². The largest absolute Gasteiger partial charge is 0.623 e. The van der Waals surface area contributed by atoms with E-state index in [9.17, 15) is 5.21 Å². The number of benzene rings is 2. The lowest BCUT2D eigenvalue weighted by Gasteiger charge is -2.21. The smallest absolute Gasteiger partial charge is 0.136 e. The average Bonchev–Trinajstić information content (AvgIpc) is 2.30. The first kappa shape index (κ1) is 10.9. The molecule has 0 spiro atoms. The number of nitrogens with one attached hydrogen (secondary N) is 1. The lowest BCUT2D eigenvalue weighted by Crippen LogP contribution is -2.96. The van der Waals surface area contributed by atoms with E-state index in [1.807, 2.05) is 62.4 Å². The summed E-state index contributed by atoms with van der Waals surface area (Å²) in [7, 11) is 0. The molecule has 0 radical (unpaired) electrons. The third-order valence-electron chi connectivity index (χ3n) is 2.63. The van der Waals surface area contributed by atoms with Crippen molar-refractivity contribution in [2.75, 3.05) is 0 Å². The highest BCUT2D eigenvalue weighted by atomic mass is 16.5. The van der Waals surface area contributed by atoms with Crippen LogP contribution in [0.2, 0.25) is 0 Å². The molecule has 0 aliphatic heterocycles. The van der Waals surface area contributed by atoms with E-state index in [1.54, 1.807) is 0 Å². The Kier molecular flexibility index (Phi) is 3.04. The van der Waals surface area contributed by atoms with E-state index in [0.717, 1.165) is 11.4 Å². The summed E-state index contributed by atoms with van der Waals surface area (Å²) in [6, 6.07) is 15.3. The minimum absolute atomic E-state index is 0.0833. The Hall–Kier alpha value is -1.64. The molecule has 2 rings (SSSR count). The van der Waals surface area contributed by atoms with Crippen molar-refractivity contribution in [2.45, 2.75) is 13.8 Å². The quantitative estimate of drug-likeness (QED) is 0.763. The van der Waals surface area contributed by atoms with E-state index in [0.29, 0.717) is 0 Å². The molecule has 0 atom stereocenters. The average molecular weight is 213 g/mol. The molecular formula is C14H15NO. The van der Waals surface area contributed by atoms with Crippen molar-refractivity contribution in [1.82, 2.24) is 0 Å². The third-order valence-corrected chi connectivity index (χ3v) is 2.63. The van der Waals surface area contributed by atoms with Gasteiger partial charge in [-0.3, -0.25) is 0 Å². The molecule has 2 aromatic rings. The summed E-state index contributed by atoms with van der Waals surface area (Å²) in [6.45, 7) is 4.03. The molecule has 2 heteroatoms. The Morgan fingerprint density at radius 3 is 1.31 bits per heavy atom. The summed E-state index contributed by atoms with van der Waals surface area (Å²) in [5, 5.41) is 12.2. The van der Waals surface area contributed by atoms with Crippen molar-refractivity contribution in [3.05, 3.63) is 64.9 Å². The first-order chi connectivity index (χ1) is 7.66. The van der Waals surface area contributed by atoms with Gasteiger partial charge < -0.3 is 10.3 Å². The Bertz CT molecular complexity index is 414. The van der Waals surface area contributed by atoms with Crippen molar-refractivity contribution < 1.29 is 5.06 Å². The van der Waals surface area contributed by atoms with E-state index in [-0.39, 0.29) is 5.06 Å². The second-order valence-electron chi connectivity index (χ2n) is 4.06. The molecule has 0 bridgehead atoms. The predicted octanol–water partition coefficient (Wildman–Crippen LogP) is 2.65. The fourth-order valence-electron chi connectivity index (χ4n) is 1.58.